The van der Waals surface area contributed by atoms with Crippen LogP contribution in [-0.2, 0) is 9.53 Å². The first-order valence-corrected chi connectivity index (χ1v) is 4.02. The molecule has 0 radical (unpaired) electrons. The molecule has 0 aliphatic carbocycles. The Morgan fingerprint density at radius 1 is 1.62 bits per heavy atom. The van der Waals surface area contributed by atoms with Crippen LogP contribution in [0.3, 0.4) is 0 Å². The van der Waals surface area contributed by atoms with E-state index in [2.05, 4.69) is 5.92 Å². The maximum Gasteiger partial charge on any atom is 0.303 e. The van der Waals surface area contributed by atoms with Gasteiger partial charge in [-0.2, -0.15) is 0 Å². The third-order valence-corrected chi connectivity index (χ3v) is 1.47. The molecule has 0 rings (SSSR count). The van der Waals surface area contributed by atoms with Gasteiger partial charge in [0, 0.05) is 6.92 Å². The van der Waals surface area contributed by atoms with Crippen molar-refractivity contribution in [1.29, 1.82) is 0 Å². The average Bonchev–Trinajstić information content (AvgIpc) is 2.10. The number of ether oxygens (including phenoxy) is 1. The highest BCUT2D eigenvalue weighted by atomic mass is 16.5. The van der Waals surface area contributed by atoms with E-state index >= 15 is 0 Å². The number of esters is 1. The van der Waals surface area contributed by atoms with Crippen LogP contribution >= 0.6 is 0 Å². The molecule has 0 saturated heterocycles. The summed E-state index contributed by atoms with van der Waals surface area (Å²) in [4.78, 5) is 10.5. The molecule has 0 heterocycles. The summed E-state index contributed by atoms with van der Waals surface area (Å²) in [6, 6.07) is 0. The van der Waals surface area contributed by atoms with Crippen LogP contribution in [0.2, 0.25) is 0 Å². The summed E-state index contributed by atoms with van der Waals surface area (Å²) in [5.41, 5.74) is 0. The van der Waals surface area contributed by atoms with Crippen molar-refractivity contribution in [3.05, 3.63) is 0 Å². The molecule has 2 atom stereocenters. The van der Waals surface area contributed by atoms with E-state index < -0.39 is 18.2 Å². The number of aliphatic hydroxyl groups excluding tert-OH is 2. The summed E-state index contributed by atoms with van der Waals surface area (Å²) in [5, 5.41) is 17.5. The lowest BCUT2D eigenvalue weighted by molar-refractivity contribution is -0.144. The van der Waals surface area contributed by atoms with Gasteiger partial charge in [0.15, 0.2) is 6.10 Å². The van der Waals surface area contributed by atoms with Crippen molar-refractivity contribution < 1.29 is 19.7 Å². The summed E-state index contributed by atoms with van der Waals surface area (Å²) in [5.74, 6) is 1.83. The lowest BCUT2D eigenvalue weighted by Gasteiger charge is -2.12. The SMILES string of the molecule is C#C[C@H](CC[C@H](O)CO)OC(C)=O. The second-order valence-electron chi connectivity index (χ2n) is 2.68. The molecule has 0 aromatic rings. The van der Waals surface area contributed by atoms with Gasteiger partial charge in [-0.3, -0.25) is 4.79 Å². The fourth-order valence-corrected chi connectivity index (χ4v) is 0.812. The summed E-state index contributed by atoms with van der Waals surface area (Å²) in [6.45, 7) is 0.962. The minimum atomic E-state index is -0.800. The Hall–Kier alpha value is -1.05. The third kappa shape index (κ3) is 6.14. The van der Waals surface area contributed by atoms with Crippen LogP contribution in [0.5, 0.6) is 0 Å². The highest BCUT2D eigenvalue weighted by Crippen LogP contribution is 2.04. The Morgan fingerprint density at radius 3 is 2.62 bits per heavy atom. The fraction of sp³-hybridized carbons (Fsp3) is 0.667. The average molecular weight is 186 g/mol. The van der Waals surface area contributed by atoms with Gasteiger partial charge in [-0.25, -0.2) is 0 Å². The van der Waals surface area contributed by atoms with Crippen molar-refractivity contribution in [2.24, 2.45) is 0 Å². The highest BCUT2D eigenvalue weighted by molar-refractivity contribution is 5.66. The molecular weight excluding hydrogens is 172 g/mol. The quantitative estimate of drug-likeness (QED) is 0.456. The van der Waals surface area contributed by atoms with Gasteiger partial charge in [-0.05, 0) is 12.8 Å². The summed E-state index contributed by atoms with van der Waals surface area (Å²) < 4.78 is 4.73. The number of terminal acetylenes is 1. The Labute approximate surface area is 77.5 Å². The van der Waals surface area contributed by atoms with Crippen LogP contribution in [0.4, 0.5) is 0 Å². The van der Waals surface area contributed by atoms with Crippen LogP contribution in [0.25, 0.3) is 0 Å². The van der Waals surface area contributed by atoms with Gasteiger partial charge < -0.3 is 14.9 Å². The van der Waals surface area contributed by atoms with E-state index in [0.717, 1.165) is 0 Å². The largest absolute Gasteiger partial charge is 0.449 e. The Balaban J connectivity index is 3.74. The number of aliphatic hydroxyl groups is 2. The molecule has 0 unspecified atom stereocenters. The van der Waals surface area contributed by atoms with Gasteiger partial charge in [-0.15, -0.1) is 6.42 Å². The van der Waals surface area contributed by atoms with Gasteiger partial charge in [0.05, 0.1) is 12.7 Å². The first-order chi connectivity index (χ1) is 6.10. The standard InChI is InChI=1S/C9H14O4/c1-3-9(13-7(2)11)5-4-8(12)6-10/h1,8-10,12H,4-6H2,2H3/t8-,9+/m0/s1. The predicted molar refractivity (Wildman–Crippen MR) is 46.7 cm³/mol. The van der Waals surface area contributed by atoms with Crippen molar-refractivity contribution >= 4 is 5.97 Å². The van der Waals surface area contributed by atoms with Gasteiger partial charge in [-0.1, -0.05) is 5.92 Å². The van der Waals surface area contributed by atoms with E-state index in [0.29, 0.717) is 12.8 Å². The molecule has 74 valence electrons. The summed E-state index contributed by atoms with van der Waals surface area (Å²) >= 11 is 0. The second kappa shape index (κ2) is 6.46. The molecule has 0 bridgehead atoms. The molecule has 0 amide bonds. The zero-order valence-corrected chi connectivity index (χ0v) is 7.56. The molecule has 13 heavy (non-hydrogen) atoms. The first-order valence-electron chi connectivity index (χ1n) is 4.02. The topological polar surface area (TPSA) is 66.8 Å². The Morgan fingerprint density at radius 2 is 2.23 bits per heavy atom. The van der Waals surface area contributed by atoms with Gasteiger partial charge in [0.2, 0.25) is 0 Å². The van der Waals surface area contributed by atoms with Gasteiger partial charge in [0.25, 0.3) is 0 Å². The number of carbonyl (C=O) groups is 1. The van der Waals surface area contributed by atoms with E-state index in [4.69, 9.17) is 21.4 Å². The maximum atomic E-state index is 10.5. The zero-order valence-electron chi connectivity index (χ0n) is 7.56. The second-order valence-corrected chi connectivity index (χ2v) is 2.68. The van der Waals surface area contributed by atoms with E-state index in [9.17, 15) is 4.79 Å². The van der Waals surface area contributed by atoms with Crippen LogP contribution < -0.4 is 0 Å². The van der Waals surface area contributed by atoms with Crippen molar-refractivity contribution in [2.45, 2.75) is 32.0 Å². The molecule has 0 spiro atoms. The molecule has 4 heteroatoms. The van der Waals surface area contributed by atoms with Crippen molar-refractivity contribution in [2.75, 3.05) is 6.61 Å². The summed E-state index contributed by atoms with van der Waals surface area (Å²) in [7, 11) is 0. The number of carbonyl (C=O) groups excluding carboxylic acids is 1. The van der Waals surface area contributed by atoms with Crippen molar-refractivity contribution in [3.8, 4) is 12.3 Å². The van der Waals surface area contributed by atoms with E-state index in [1.165, 1.54) is 6.92 Å². The van der Waals surface area contributed by atoms with Crippen molar-refractivity contribution in [3.63, 3.8) is 0 Å². The maximum absolute atomic E-state index is 10.5. The third-order valence-electron chi connectivity index (χ3n) is 1.47. The smallest absolute Gasteiger partial charge is 0.303 e. The molecule has 0 saturated carbocycles. The Kier molecular flexibility index (Phi) is 5.94. The molecule has 0 aromatic heterocycles. The fourth-order valence-electron chi connectivity index (χ4n) is 0.812. The van der Waals surface area contributed by atoms with Crippen LogP contribution in [0.15, 0.2) is 0 Å². The monoisotopic (exact) mass is 186 g/mol. The summed E-state index contributed by atoms with van der Waals surface area (Å²) in [6.07, 6.45) is 4.34. The molecule has 0 aromatic carbocycles. The lowest BCUT2D eigenvalue weighted by Crippen LogP contribution is -2.19. The van der Waals surface area contributed by atoms with E-state index in [1.54, 1.807) is 0 Å². The molecule has 2 N–H and O–H groups in total. The first kappa shape index (κ1) is 11.9. The molecular formula is C9H14O4. The molecule has 0 aliphatic rings. The van der Waals surface area contributed by atoms with Crippen LogP contribution in [-0.4, -0.2) is 35.0 Å². The lowest BCUT2D eigenvalue weighted by atomic mass is 10.1. The number of hydrogen-bond acceptors (Lipinski definition) is 4. The van der Waals surface area contributed by atoms with Gasteiger partial charge >= 0.3 is 5.97 Å². The zero-order chi connectivity index (χ0) is 10.3. The normalized spacial score (nSPS) is 14.3. The van der Waals surface area contributed by atoms with Crippen LogP contribution in [0.1, 0.15) is 19.8 Å². The molecule has 0 fully saturated rings. The van der Waals surface area contributed by atoms with E-state index in [-0.39, 0.29) is 6.61 Å². The van der Waals surface area contributed by atoms with E-state index in [1.807, 2.05) is 0 Å². The molecule has 0 aliphatic heterocycles. The minimum Gasteiger partial charge on any atom is -0.449 e. The number of rotatable bonds is 5. The predicted octanol–water partition coefficient (Wildman–Crippen LogP) is -0.315. The highest BCUT2D eigenvalue weighted by Gasteiger charge is 2.10. The number of hydrogen-bond donors (Lipinski definition) is 2. The van der Waals surface area contributed by atoms with Crippen LogP contribution in [0, 0.1) is 12.3 Å². The minimum absolute atomic E-state index is 0.308. The Bertz CT molecular complexity index is 194. The molecule has 4 nitrogen and oxygen atoms in total. The van der Waals surface area contributed by atoms with Crippen molar-refractivity contribution in [1.82, 2.24) is 0 Å². The van der Waals surface area contributed by atoms with Gasteiger partial charge in [0.1, 0.15) is 0 Å².